The first-order chi connectivity index (χ1) is 21.2. The molecule has 7 heteroatoms. The Morgan fingerprint density at radius 1 is 1.09 bits per heavy atom. The van der Waals surface area contributed by atoms with Crippen molar-refractivity contribution in [2.75, 3.05) is 6.61 Å². The number of rotatable bonds is 5. The Hall–Kier alpha value is -3.03. The highest BCUT2D eigenvalue weighted by Gasteiger charge is 2.68. The van der Waals surface area contributed by atoms with Crippen LogP contribution in [0.3, 0.4) is 0 Å². The summed E-state index contributed by atoms with van der Waals surface area (Å²) in [6.45, 7) is 11.2. The average molecular weight is 596 g/mol. The van der Waals surface area contributed by atoms with Gasteiger partial charge in [0.2, 0.25) is 5.78 Å². The maximum Gasteiger partial charge on any atom is 0.220 e. The van der Waals surface area contributed by atoms with Crippen molar-refractivity contribution in [3.05, 3.63) is 83.4 Å². The van der Waals surface area contributed by atoms with Crippen molar-refractivity contribution in [1.29, 1.82) is 0 Å². The molecule has 8 rings (SSSR count). The van der Waals surface area contributed by atoms with Crippen LogP contribution < -0.4 is 0 Å². The van der Waals surface area contributed by atoms with Gasteiger partial charge in [0, 0.05) is 17.8 Å². The fraction of sp³-hybridized carbons (Fsp3) is 0.595. The third kappa shape index (κ3) is 4.33. The number of allylic oxidation sites excluding steroid dienone is 5. The Morgan fingerprint density at radius 3 is 2.73 bits per heavy atom. The Labute approximate surface area is 260 Å². The fourth-order valence-electron chi connectivity index (χ4n) is 10.3. The standard InChI is InChI=1S/C37H45N3O4/c1-23-12-15-37(43-21-23)24(2)34-32(44-37)17-30-28-11-10-26-16-31(41)33(18-36(26,4)29(28)13-14-35(30,34)3)42-22-27-20-40(39-38-27)19-25-8-6-5-7-9-25/h5-11,16,18,20,23-24,28-30,32,34H,12-15,17,19,21-22H2,1-4H3/t23-,24+,28-,29+,30+,32+,34+,35+,36+,37-/m1/s1. The van der Waals surface area contributed by atoms with Crippen molar-refractivity contribution in [3.8, 4) is 0 Å². The van der Waals surface area contributed by atoms with E-state index in [1.165, 1.54) is 12.8 Å². The van der Waals surface area contributed by atoms with Gasteiger partial charge in [-0.05, 0) is 84.0 Å². The van der Waals surface area contributed by atoms with E-state index in [0.29, 0.717) is 53.5 Å². The van der Waals surface area contributed by atoms with Gasteiger partial charge in [0.15, 0.2) is 11.5 Å². The van der Waals surface area contributed by atoms with Crippen LogP contribution in [0.15, 0.2) is 72.2 Å². The smallest absolute Gasteiger partial charge is 0.220 e. The molecule has 2 aromatic rings. The second-order valence-electron chi connectivity index (χ2n) is 15.1. The molecule has 0 unspecified atom stereocenters. The van der Waals surface area contributed by atoms with E-state index in [1.54, 1.807) is 0 Å². The van der Waals surface area contributed by atoms with Gasteiger partial charge in [-0.25, -0.2) is 4.68 Å². The van der Waals surface area contributed by atoms with Gasteiger partial charge >= 0.3 is 0 Å². The van der Waals surface area contributed by atoms with Crippen LogP contribution in [0.1, 0.15) is 71.1 Å². The molecule has 0 radical (unpaired) electrons. The first kappa shape index (κ1) is 28.4. The van der Waals surface area contributed by atoms with Crippen LogP contribution in [-0.2, 0) is 32.2 Å². The number of carbonyl (C=O) groups excluding carboxylic acids is 1. The average Bonchev–Trinajstić information content (AvgIpc) is 3.66. The maximum absolute atomic E-state index is 13.2. The molecular weight excluding hydrogens is 550 g/mol. The normalized spacial score (nSPS) is 42.3. The summed E-state index contributed by atoms with van der Waals surface area (Å²) in [5.41, 5.74) is 2.96. The Morgan fingerprint density at radius 2 is 1.93 bits per heavy atom. The van der Waals surface area contributed by atoms with Crippen molar-refractivity contribution in [3.63, 3.8) is 0 Å². The minimum atomic E-state index is -0.386. The molecule has 10 atom stereocenters. The monoisotopic (exact) mass is 595 g/mol. The summed E-state index contributed by atoms with van der Waals surface area (Å²) < 4.78 is 21.4. The Kier molecular flexibility index (Phi) is 6.62. The number of nitrogens with zero attached hydrogens (tertiary/aromatic N) is 3. The lowest BCUT2D eigenvalue weighted by atomic mass is 9.49. The van der Waals surface area contributed by atoms with Gasteiger partial charge in [-0.15, -0.1) is 5.10 Å². The van der Waals surface area contributed by atoms with Crippen molar-refractivity contribution < 1.29 is 19.0 Å². The number of ketones is 1. The molecule has 6 aliphatic rings. The van der Waals surface area contributed by atoms with Crippen LogP contribution in [0.25, 0.3) is 0 Å². The summed E-state index contributed by atoms with van der Waals surface area (Å²) in [7, 11) is 0. The topological polar surface area (TPSA) is 75.5 Å². The minimum Gasteiger partial charge on any atom is -0.483 e. The SMILES string of the molecule is C[C@@H]1CC[C@@]2(OC1)O[C@H]1C[C@H]3[C@@H]4C=CC5=CC(=O)C(OCc6cn(Cc7ccccc7)nn6)=C[C@]5(C)[C@H]4CC[C@]3(C)[C@H]1[C@@H]2C. The first-order valence-corrected chi connectivity index (χ1v) is 16.7. The Balaban J connectivity index is 0.995. The van der Waals surface area contributed by atoms with E-state index in [9.17, 15) is 4.79 Å². The lowest BCUT2D eigenvalue weighted by molar-refractivity contribution is -0.272. The second kappa shape index (κ2) is 10.2. The second-order valence-corrected chi connectivity index (χ2v) is 15.1. The van der Waals surface area contributed by atoms with Gasteiger partial charge < -0.3 is 14.2 Å². The van der Waals surface area contributed by atoms with Gasteiger partial charge in [0.05, 0.1) is 25.5 Å². The van der Waals surface area contributed by atoms with Gasteiger partial charge in [0.1, 0.15) is 12.3 Å². The lowest BCUT2D eigenvalue weighted by Gasteiger charge is -2.55. The molecule has 2 saturated carbocycles. The van der Waals surface area contributed by atoms with Gasteiger partial charge in [-0.2, -0.15) is 0 Å². The summed E-state index contributed by atoms with van der Waals surface area (Å²) in [5, 5.41) is 8.57. The van der Waals surface area contributed by atoms with Gasteiger partial charge in [0.25, 0.3) is 0 Å². The molecule has 1 aromatic heterocycles. The molecule has 4 fully saturated rings. The fourth-order valence-corrected chi connectivity index (χ4v) is 10.3. The quantitative estimate of drug-likeness (QED) is 0.385. The minimum absolute atomic E-state index is 0.0670. The summed E-state index contributed by atoms with van der Waals surface area (Å²) in [4.78, 5) is 13.2. The largest absolute Gasteiger partial charge is 0.483 e. The van der Waals surface area contributed by atoms with Crippen LogP contribution in [-0.4, -0.2) is 39.3 Å². The summed E-state index contributed by atoms with van der Waals surface area (Å²) in [6.07, 6.45) is 16.4. The highest BCUT2D eigenvalue weighted by atomic mass is 16.7. The van der Waals surface area contributed by atoms with Crippen LogP contribution in [0.2, 0.25) is 0 Å². The van der Waals surface area contributed by atoms with E-state index in [-0.39, 0.29) is 35.1 Å². The zero-order chi connectivity index (χ0) is 30.3. The van der Waals surface area contributed by atoms with Crippen molar-refractivity contribution in [1.82, 2.24) is 15.0 Å². The summed E-state index contributed by atoms with van der Waals surface area (Å²) in [6, 6.07) is 10.2. The number of hydrogen-bond donors (Lipinski definition) is 0. The van der Waals surface area contributed by atoms with E-state index in [4.69, 9.17) is 14.2 Å². The number of carbonyl (C=O) groups is 1. The zero-order valence-corrected chi connectivity index (χ0v) is 26.4. The predicted molar refractivity (Wildman–Crippen MR) is 166 cm³/mol. The molecule has 232 valence electrons. The van der Waals surface area contributed by atoms with Crippen LogP contribution >= 0.6 is 0 Å². The first-order valence-electron chi connectivity index (χ1n) is 16.7. The molecule has 2 saturated heterocycles. The molecular formula is C37H45N3O4. The molecule has 4 aliphatic carbocycles. The van der Waals surface area contributed by atoms with Gasteiger partial charge in [-0.1, -0.05) is 75.4 Å². The molecule has 3 heterocycles. The van der Waals surface area contributed by atoms with E-state index in [0.717, 1.165) is 37.0 Å². The van der Waals surface area contributed by atoms with E-state index in [2.05, 4.69) is 68.4 Å². The molecule has 1 spiro atoms. The molecule has 2 aliphatic heterocycles. The number of fused-ring (bicyclic) bond motifs is 7. The van der Waals surface area contributed by atoms with E-state index >= 15 is 0 Å². The highest BCUT2D eigenvalue weighted by molar-refractivity contribution is 6.04. The van der Waals surface area contributed by atoms with E-state index < -0.39 is 0 Å². The number of hydrogen-bond acceptors (Lipinski definition) is 6. The van der Waals surface area contributed by atoms with Crippen LogP contribution in [0.4, 0.5) is 0 Å². The van der Waals surface area contributed by atoms with Crippen molar-refractivity contribution in [2.45, 2.75) is 84.8 Å². The molecule has 0 bridgehead atoms. The molecule has 0 amide bonds. The maximum atomic E-state index is 13.2. The number of aromatic nitrogens is 3. The van der Waals surface area contributed by atoms with Gasteiger partial charge in [-0.3, -0.25) is 4.79 Å². The van der Waals surface area contributed by atoms with Crippen LogP contribution in [0, 0.1) is 46.3 Å². The summed E-state index contributed by atoms with van der Waals surface area (Å²) in [5.74, 6) is 2.95. The van der Waals surface area contributed by atoms with Crippen molar-refractivity contribution >= 4 is 5.78 Å². The number of ether oxygens (including phenoxy) is 3. The highest BCUT2D eigenvalue weighted by Crippen LogP contribution is 2.69. The molecule has 0 N–H and O–H groups in total. The predicted octanol–water partition coefficient (Wildman–Crippen LogP) is 6.66. The number of benzene rings is 1. The van der Waals surface area contributed by atoms with E-state index in [1.807, 2.05) is 35.2 Å². The molecule has 44 heavy (non-hydrogen) atoms. The van der Waals surface area contributed by atoms with Crippen molar-refractivity contribution in [2.24, 2.45) is 46.3 Å². The third-order valence-electron chi connectivity index (χ3n) is 12.6. The van der Waals surface area contributed by atoms with Crippen LogP contribution in [0.5, 0.6) is 0 Å². The molecule has 1 aromatic carbocycles. The Bertz CT molecular complexity index is 1530. The molecule has 7 nitrogen and oxygen atoms in total. The summed E-state index contributed by atoms with van der Waals surface area (Å²) >= 11 is 0. The zero-order valence-electron chi connectivity index (χ0n) is 26.4. The third-order valence-corrected chi connectivity index (χ3v) is 12.6. The lowest BCUT2D eigenvalue weighted by Crippen LogP contribution is -2.51.